The van der Waals surface area contributed by atoms with E-state index in [9.17, 15) is 22.4 Å². The Labute approximate surface area is 198 Å². The van der Waals surface area contributed by atoms with E-state index in [4.69, 9.17) is 9.15 Å². The molecule has 0 aliphatic heterocycles. The lowest BCUT2D eigenvalue weighted by Crippen LogP contribution is -2.10. The van der Waals surface area contributed by atoms with Gasteiger partial charge in [0.2, 0.25) is 5.91 Å². The third kappa shape index (κ3) is 5.37. The zero-order valence-corrected chi connectivity index (χ0v) is 18.9. The predicted molar refractivity (Wildman–Crippen MR) is 127 cm³/mol. The Hall–Kier alpha value is -4.07. The molecule has 0 spiro atoms. The summed E-state index contributed by atoms with van der Waals surface area (Å²) in [5.41, 5.74) is 2.75. The molecule has 4 rings (SSSR count). The van der Waals surface area contributed by atoms with Crippen LogP contribution >= 0.6 is 0 Å². The fraction of sp³-hybridized carbons (Fsp3) is 0.148. The van der Waals surface area contributed by atoms with Gasteiger partial charge in [-0.15, -0.1) is 0 Å². The highest BCUT2D eigenvalue weighted by molar-refractivity contribution is 6.05. The predicted octanol–water partition coefficient (Wildman–Crippen LogP) is 7.70. The number of rotatable bonds is 6. The summed E-state index contributed by atoms with van der Waals surface area (Å²) in [5, 5.41) is 3.33. The van der Waals surface area contributed by atoms with E-state index in [0.717, 1.165) is 28.6 Å². The Morgan fingerprint density at radius 3 is 2.37 bits per heavy atom. The van der Waals surface area contributed by atoms with Crippen molar-refractivity contribution in [2.24, 2.45) is 0 Å². The summed E-state index contributed by atoms with van der Waals surface area (Å²) in [4.78, 5) is 12.6. The van der Waals surface area contributed by atoms with Crippen molar-refractivity contribution in [1.82, 2.24) is 0 Å². The molecule has 8 heteroatoms. The molecule has 0 saturated heterocycles. The first-order valence-electron chi connectivity index (χ1n) is 10.8. The fourth-order valence-electron chi connectivity index (χ4n) is 3.69. The van der Waals surface area contributed by atoms with E-state index < -0.39 is 17.6 Å². The largest absolute Gasteiger partial charge is 0.493 e. The standard InChI is InChI=1S/C27H21F4NO3/c1-3-34-24-14-25-22(23(15-35-25)17-4-8-19(28)9-5-17)13-21(24)16(2)12-26(33)32-20-10-6-18(7-11-20)27(29,30)31/h4-15H,3H2,1-2H3,(H,32,33)/b16-12+. The zero-order valence-electron chi connectivity index (χ0n) is 18.9. The van der Waals surface area contributed by atoms with Crippen LogP contribution in [0.1, 0.15) is 25.0 Å². The molecule has 0 saturated carbocycles. The third-order valence-electron chi connectivity index (χ3n) is 5.38. The number of hydrogen-bond acceptors (Lipinski definition) is 3. The molecule has 4 nitrogen and oxygen atoms in total. The lowest BCUT2D eigenvalue weighted by molar-refractivity contribution is -0.137. The average molecular weight is 483 g/mol. The number of anilines is 1. The Morgan fingerprint density at radius 1 is 1.06 bits per heavy atom. The number of allylic oxidation sites excluding steroid dienone is 1. The minimum absolute atomic E-state index is 0.237. The van der Waals surface area contributed by atoms with Gasteiger partial charge in [-0.3, -0.25) is 4.79 Å². The molecule has 0 radical (unpaired) electrons. The van der Waals surface area contributed by atoms with Crippen molar-refractivity contribution in [3.05, 3.63) is 89.9 Å². The van der Waals surface area contributed by atoms with Gasteiger partial charge in [-0.1, -0.05) is 12.1 Å². The molecule has 0 aliphatic rings. The molecule has 1 amide bonds. The first-order chi connectivity index (χ1) is 16.7. The number of amides is 1. The molecule has 4 aromatic rings. The summed E-state index contributed by atoms with van der Waals surface area (Å²) in [6.07, 6.45) is -1.53. The highest BCUT2D eigenvalue weighted by Gasteiger charge is 2.30. The summed E-state index contributed by atoms with van der Waals surface area (Å²) in [7, 11) is 0. The van der Waals surface area contributed by atoms with Crippen molar-refractivity contribution in [2.45, 2.75) is 20.0 Å². The number of carbonyl (C=O) groups is 1. The molecule has 180 valence electrons. The van der Waals surface area contributed by atoms with Crippen molar-refractivity contribution in [1.29, 1.82) is 0 Å². The summed E-state index contributed by atoms with van der Waals surface area (Å²) in [6, 6.07) is 13.8. The molecule has 0 aliphatic carbocycles. The lowest BCUT2D eigenvalue weighted by Gasteiger charge is -2.12. The molecule has 0 atom stereocenters. The minimum Gasteiger partial charge on any atom is -0.493 e. The summed E-state index contributed by atoms with van der Waals surface area (Å²) in [5.74, 6) is -0.342. The van der Waals surface area contributed by atoms with Crippen molar-refractivity contribution < 1.29 is 31.5 Å². The Morgan fingerprint density at radius 2 is 1.74 bits per heavy atom. The van der Waals surface area contributed by atoms with Crippen LogP contribution < -0.4 is 10.1 Å². The van der Waals surface area contributed by atoms with E-state index in [-0.39, 0.29) is 11.5 Å². The average Bonchev–Trinajstić information content (AvgIpc) is 3.22. The maximum atomic E-state index is 13.4. The molecule has 1 heterocycles. The van der Waals surface area contributed by atoms with Gasteiger partial charge < -0.3 is 14.5 Å². The monoisotopic (exact) mass is 483 g/mol. The van der Waals surface area contributed by atoms with E-state index >= 15 is 0 Å². The van der Waals surface area contributed by atoms with E-state index in [1.807, 2.05) is 13.0 Å². The third-order valence-corrected chi connectivity index (χ3v) is 5.38. The zero-order chi connectivity index (χ0) is 25.2. The van der Waals surface area contributed by atoms with E-state index in [1.165, 1.54) is 30.3 Å². The number of hydrogen-bond donors (Lipinski definition) is 1. The first-order valence-corrected chi connectivity index (χ1v) is 10.8. The topological polar surface area (TPSA) is 51.5 Å². The second-order valence-electron chi connectivity index (χ2n) is 7.83. The van der Waals surface area contributed by atoms with Crippen LogP contribution in [0, 0.1) is 5.82 Å². The van der Waals surface area contributed by atoms with Crippen molar-refractivity contribution >= 4 is 28.1 Å². The minimum atomic E-state index is -4.45. The normalized spacial score (nSPS) is 12.1. The number of carbonyl (C=O) groups excluding carboxylic acids is 1. The number of fused-ring (bicyclic) bond motifs is 1. The Bertz CT molecular complexity index is 1390. The number of halogens is 4. The van der Waals surface area contributed by atoms with E-state index in [0.29, 0.717) is 29.1 Å². The van der Waals surface area contributed by atoms with Gasteiger partial charge >= 0.3 is 6.18 Å². The molecule has 0 bridgehead atoms. The number of alkyl halides is 3. The molecule has 0 unspecified atom stereocenters. The van der Waals surface area contributed by atoms with E-state index in [2.05, 4.69) is 5.32 Å². The van der Waals surface area contributed by atoms with Crippen molar-refractivity contribution in [3.63, 3.8) is 0 Å². The summed E-state index contributed by atoms with van der Waals surface area (Å²) < 4.78 is 63.1. The van der Waals surface area contributed by atoms with Crippen LogP contribution in [-0.2, 0) is 11.0 Å². The van der Waals surface area contributed by atoms with Gasteiger partial charge in [-0.2, -0.15) is 13.2 Å². The number of nitrogens with one attached hydrogen (secondary N) is 1. The maximum absolute atomic E-state index is 13.4. The summed E-state index contributed by atoms with van der Waals surface area (Å²) >= 11 is 0. The molecular formula is C27H21F4NO3. The van der Waals surface area contributed by atoms with Crippen molar-refractivity contribution in [2.75, 3.05) is 11.9 Å². The van der Waals surface area contributed by atoms with Gasteiger partial charge in [0.15, 0.2) is 0 Å². The van der Waals surface area contributed by atoms with Crippen LogP contribution in [-0.4, -0.2) is 12.5 Å². The SMILES string of the molecule is CCOc1cc2occ(-c3ccc(F)cc3)c2cc1/C(C)=C/C(=O)Nc1ccc(C(F)(F)F)cc1. The molecule has 0 fully saturated rings. The van der Waals surface area contributed by atoms with Gasteiger partial charge in [-0.25, -0.2) is 4.39 Å². The van der Waals surface area contributed by atoms with Gasteiger partial charge in [0.25, 0.3) is 0 Å². The van der Waals surface area contributed by atoms with Crippen LogP contribution in [0.2, 0.25) is 0 Å². The maximum Gasteiger partial charge on any atom is 0.416 e. The molecule has 1 N–H and O–H groups in total. The quantitative estimate of drug-likeness (QED) is 0.226. The highest BCUT2D eigenvalue weighted by Crippen LogP contribution is 2.37. The van der Waals surface area contributed by atoms with E-state index in [1.54, 1.807) is 31.4 Å². The number of benzene rings is 3. The molecule has 35 heavy (non-hydrogen) atoms. The van der Waals surface area contributed by atoms with Crippen molar-refractivity contribution in [3.8, 4) is 16.9 Å². The van der Waals surface area contributed by atoms with Gasteiger partial charge in [-0.05, 0) is 67.4 Å². The van der Waals surface area contributed by atoms with Crippen LogP contribution in [0.3, 0.4) is 0 Å². The van der Waals surface area contributed by atoms with Gasteiger partial charge in [0.05, 0.1) is 18.4 Å². The molecule has 1 aromatic heterocycles. The second kappa shape index (κ2) is 9.66. The highest BCUT2D eigenvalue weighted by atomic mass is 19.4. The summed E-state index contributed by atoms with van der Waals surface area (Å²) in [6.45, 7) is 3.94. The smallest absolute Gasteiger partial charge is 0.416 e. The van der Waals surface area contributed by atoms with Crippen LogP contribution in [0.4, 0.5) is 23.2 Å². The van der Waals surface area contributed by atoms with Crippen LogP contribution in [0.15, 0.2) is 77.4 Å². The second-order valence-corrected chi connectivity index (χ2v) is 7.83. The Kier molecular flexibility index (Phi) is 6.64. The lowest BCUT2D eigenvalue weighted by atomic mass is 9.99. The Balaban J connectivity index is 1.65. The van der Waals surface area contributed by atoms with Gasteiger partial charge in [0.1, 0.15) is 17.1 Å². The van der Waals surface area contributed by atoms with Crippen LogP contribution in [0.25, 0.3) is 27.7 Å². The molecule has 3 aromatic carbocycles. The van der Waals surface area contributed by atoms with Gasteiger partial charge in [0, 0.05) is 34.3 Å². The molecular weight excluding hydrogens is 462 g/mol. The first kappa shape index (κ1) is 24.1. The fourth-order valence-corrected chi connectivity index (χ4v) is 3.69. The van der Waals surface area contributed by atoms with Crippen LogP contribution in [0.5, 0.6) is 5.75 Å². The number of ether oxygens (including phenoxy) is 1. The number of furan rings is 1.